The number of fused-ring (bicyclic) bond motifs is 2. The van der Waals surface area contributed by atoms with Crippen molar-refractivity contribution in [1.29, 1.82) is 0 Å². The van der Waals surface area contributed by atoms with E-state index < -0.39 is 0 Å². The zero-order valence-electron chi connectivity index (χ0n) is 14.3. The first-order valence-electron chi connectivity index (χ1n) is 10.4. The summed E-state index contributed by atoms with van der Waals surface area (Å²) in [6.45, 7) is 0. The molecule has 4 fully saturated rings. The van der Waals surface area contributed by atoms with E-state index in [0.29, 0.717) is 11.7 Å². The van der Waals surface area contributed by atoms with Crippen LogP contribution >= 0.6 is 0 Å². The van der Waals surface area contributed by atoms with Gasteiger partial charge in [0.15, 0.2) is 0 Å². The highest BCUT2D eigenvalue weighted by Gasteiger charge is 2.42. The molecule has 4 rings (SSSR count). The van der Waals surface area contributed by atoms with Crippen molar-refractivity contribution in [2.45, 2.75) is 89.9 Å². The summed E-state index contributed by atoms with van der Waals surface area (Å²) in [7, 11) is 0. The third-order valence-corrected chi connectivity index (χ3v) is 7.93. The van der Waals surface area contributed by atoms with E-state index in [1.165, 1.54) is 83.5 Å². The maximum atomic E-state index is 13.1. The van der Waals surface area contributed by atoms with Crippen molar-refractivity contribution >= 4 is 5.78 Å². The van der Waals surface area contributed by atoms with Crippen LogP contribution in [0.15, 0.2) is 0 Å². The van der Waals surface area contributed by atoms with E-state index in [-0.39, 0.29) is 0 Å². The van der Waals surface area contributed by atoms with Gasteiger partial charge in [-0.2, -0.15) is 0 Å². The highest BCUT2D eigenvalue weighted by atomic mass is 16.1. The molecule has 1 heteroatoms. The average Bonchev–Trinajstić information content (AvgIpc) is 2.97. The standard InChI is InChI=1S/C21H34O/c22-21(14-17-13-12-16-7-1-3-9-18(16)17)20-11-5-8-15-6-2-4-10-19(15)20/h15-20H,1-14H2. The lowest BCUT2D eigenvalue weighted by Crippen LogP contribution is -2.36. The summed E-state index contributed by atoms with van der Waals surface area (Å²) in [5.41, 5.74) is 0. The van der Waals surface area contributed by atoms with E-state index >= 15 is 0 Å². The maximum absolute atomic E-state index is 13.1. The van der Waals surface area contributed by atoms with E-state index in [9.17, 15) is 4.79 Å². The fraction of sp³-hybridized carbons (Fsp3) is 0.952. The van der Waals surface area contributed by atoms with Crippen LogP contribution in [-0.2, 0) is 4.79 Å². The predicted molar refractivity (Wildman–Crippen MR) is 90.6 cm³/mol. The molecule has 4 aliphatic rings. The van der Waals surface area contributed by atoms with Gasteiger partial charge in [-0.1, -0.05) is 51.4 Å². The lowest BCUT2D eigenvalue weighted by Gasteiger charge is -2.41. The van der Waals surface area contributed by atoms with Gasteiger partial charge >= 0.3 is 0 Å². The molecule has 0 spiro atoms. The van der Waals surface area contributed by atoms with Crippen LogP contribution in [-0.4, -0.2) is 5.78 Å². The van der Waals surface area contributed by atoms with Crippen molar-refractivity contribution in [3.05, 3.63) is 0 Å². The third kappa shape index (κ3) is 2.89. The number of Topliss-reactive ketones (excluding diaryl/α,β-unsaturated/α-hetero) is 1. The average molecular weight is 303 g/mol. The molecular formula is C21H34O. The lowest BCUT2D eigenvalue weighted by molar-refractivity contribution is -0.128. The second kappa shape index (κ2) is 6.65. The first-order chi connectivity index (χ1) is 10.8. The molecule has 6 atom stereocenters. The topological polar surface area (TPSA) is 17.1 Å². The van der Waals surface area contributed by atoms with Crippen LogP contribution in [0.5, 0.6) is 0 Å². The van der Waals surface area contributed by atoms with E-state index in [1.807, 2.05) is 0 Å². The number of hydrogen-bond donors (Lipinski definition) is 0. The van der Waals surface area contributed by atoms with Gasteiger partial charge in [0, 0.05) is 12.3 Å². The molecule has 0 radical (unpaired) electrons. The molecule has 0 aliphatic heterocycles. The van der Waals surface area contributed by atoms with Crippen LogP contribution < -0.4 is 0 Å². The molecule has 0 aromatic heterocycles. The molecule has 0 aromatic carbocycles. The number of ketones is 1. The minimum Gasteiger partial charge on any atom is -0.299 e. The van der Waals surface area contributed by atoms with E-state index in [4.69, 9.17) is 0 Å². The Kier molecular flexibility index (Phi) is 4.60. The molecule has 0 saturated heterocycles. The van der Waals surface area contributed by atoms with Crippen molar-refractivity contribution in [2.75, 3.05) is 0 Å². The number of carbonyl (C=O) groups is 1. The monoisotopic (exact) mass is 302 g/mol. The minimum atomic E-state index is 0.460. The largest absolute Gasteiger partial charge is 0.299 e. The Labute approximate surface area is 136 Å². The number of rotatable bonds is 3. The normalized spacial score (nSPS) is 45.1. The summed E-state index contributed by atoms with van der Waals surface area (Å²) in [5, 5.41) is 0. The van der Waals surface area contributed by atoms with Gasteiger partial charge in [0.2, 0.25) is 0 Å². The van der Waals surface area contributed by atoms with Gasteiger partial charge in [-0.05, 0) is 61.7 Å². The van der Waals surface area contributed by atoms with Gasteiger partial charge in [-0.25, -0.2) is 0 Å². The van der Waals surface area contributed by atoms with Gasteiger partial charge in [0.25, 0.3) is 0 Å². The first-order valence-corrected chi connectivity index (χ1v) is 10.4. The van der Waals surface area contributed by atoms with Crippen molar-refractivity contribution in [3.63, 3.8) is 0 Å². The fourth-order valence-electron chi connectivity index (χ4n) is 6.86. The molecule has 0 N–H and O–H groups in total. The molecule has 124 valence electrons. The highest BCUT2D eigenvalue weighted by Crippen LogP contribution is 2.49. The molecular weight excluding hydrogens is 268 g/mol. The van der Waals surface area contributed by atoms with Gasteiger partial charge < -0.3 is 0 Å². The highest BCUT2D eigenvalue weighted by molar-refractivity contribution is 5.81. The second-order valence-corrected chi connectivity index (χ2v) is 8.96. The minimum absolute atomic E-state index is 0.460. The van der Waals surface area contributed by atoms with Crippen molar-refractivity contribution in [2.24, 2.45) is 35.5 Å². The molecule has 6 unspecified atom stereocenters. The van der Waals surface area contributed by atoms with Gasteiger partial charge in [-0.15, -0.1) is 0 Å². The van der Waals surface area contributed by atoms with E-state index in [1.54, 1.807) is 0 Å². The Morgan fingerprint density at radius 2 is 1.27 bits per heavy atom. The quantitative estimate of drug-likeness (QED) is 0.647. The zero-order valence-corrected chi connectivity index (χ0v) is 14.3. The summed E-state index contributed by atoms with van der Waals surface area (Å²) in [4.78, 5) is 13.1. The number of carbonyl (C=O) groups excluding carboxylic acids is 1. The SMILES string of the molecule is O=C(CC1CCC2CCCCC21)C1CCCC2CCCCC21. The Balaban J connectivity index is 1.39. The summed E-state index contributed by atoms with van der Waals surface area (Å²) in [6, 6.07) is 0. The van der Waals surface area contributed by atoms with Crippen LogP contribution in [0.4, 0.5) is 0 Å². The molecule has 1 nitrogen and oxygen atoms in total. The summed E-state index contributed by atoms with van der Waals surface area (Å²) >= 11 is 0. The van der Waals surface area contributed by atoms with Gasteiger partial charge in [0.1, 0.15) is 5.78 Å². The van der Waals surface area contributed by atoms with Crippen molar-refractivity contribution in [1.82, 2.24) is 0 Å². The Morgan fingerprint density at radius 1 is 0.636 bits per heavy atom. The molecule has 22 heavy (non-hydrogen) atoms. The van der Waals surface area contributed by atoms with Gasteiger partial charge in [0.05, 0.1) is 0 Å². The molecule has 0 amide bonds. The first kappa shape index (κ1) is 15.2. The van der Waals surface area contributed by atoms with Crippen LogP contribution in [0.3, 0.4) is 0 Å². The van der Waals surface area contributed by atoms with Crippen molar-refractivity contribution < 1.29 is 4.79 Å². The van der Waals surface area contributed by atoms with Crippen LogP contribution in [0.25, 0.3) is 0 Å². The summed E-state index contributed by atoms with van der Waals surface area (Å²) in [5.74, 6) is 5.50. The molecule has 0 heterocycles. The van der Waals surface area contributed by atoms with E-state index in [0.717, 1.165) is 36.0 Å². The zero-order chi connectivity index (χ0) is 14.9. The Morgan fingerprint density at radius 3 is 2.09 bits per heavy atom. The summed E-state index contributed by atoms with van der Waals surface area (Å²) in [6.07, 6.45) is 19.1. The Bertz CT molecular complexity index is 399. The third-order valence-electron chi connectivity index (χ3n) is 7.93. The smallest absolute Gasteiger partial charge is 0.136 e. The molecule has 0 aromatic rings. The lowest BCUT2D eigenvalue weighted by atomic mass is 9.63. The Hall–Kier alpha value is -0.330. The second-order valence-electron chi connectivity index (χ2n) is 8.96. The van der Waals surface area contributed by atoms with Gasteiger partial charge in [-0.3, -0.25) is 4.79 Å². The molecule has 4 saturated carbocycles. The maximum Gasteiger partial charge on any atom is 0.136 e. The summed E-state index contributed by atoms with van der Waals surface area (Å²) < 4.78 is 0. The van der Waals surface area contributed by atoms with Crippen LogP contribution in [0.1, 0.15) is 89.9 Å². The fourth-order valence-corrected chi connectivity index (χ4v) is 6.86. The van der Waals surface area contributed by atoms with Crippen molar-refractivity contribution in [3.8, 4) is 0 Å². The molecule has 4 aliphatic carbocycles. The van der Waals surface area contributed by atoms with Crippen LogP contribution in [0, 0.1) is 35.5 Å². The number of hydrogen-bond acceptors (Lipinski definition) is 1. The predicted octanol–water partition coefficient (Wildman–Crippen LogP) is 5.77. The van der Waals surface area contributed by atoms with Crippen LogP contribution in [0.2, 0.25) is 0 Å². The molecule has 0 bridgehead atoms. The van der Waals surface area contributed by atoms with E-state index in [2.05, 4.69) is 0 Å².